The van der Waals surface area contributed by atoms with E-state index in [0.717, 1.165) is 19.2 Å². The van der Waals surface area contributed by atoms with Crippen molar-refractivity contribution < 1.29 is 29.3 Å². The first-order chi connectivity index (χ1) is 15.9. The van der Waals surface area contributed by atoms with Gasteiger partial charge in [0, 0.05) is 54.8 Å². The number of aromatic hydroxyl groups is 2. The smallest absolute Gasteiger partial charge is 0.271 e. The molecule has 9 nitrogen and oxygen atoms in total. The van der Waals surface area contributed by atoms with Crippen LogP contribution in [0.3, 0.4) is 0 Å². The minimum absolute atomic E-state index is 0.0246. The molecule has 2 aliphatic rings. The minimum Gasteiger partial charge on any atom is -0.508 e. The highest BCUT2D eigenvalue weighted by atomic mass is 16.5. The number of phenols is 2. The molecule has 0 bridgehead atoms. The van der Waals surface area contributed by atoms with Gasteiger partial charge in [-0.25, -0.2) is 0 Å². The number of methoxy groups -OCH3 is 1. The monoisotopic (exact) mass is 449 g/mol. The molecule has 33 heavy (non-hydrogen) atoms. The normalized spacial score (nSPS) is 17.5. The maximum atomic E-state index is 13.4. The number of hydrogen-bond acceptors (Lipinski definition) is 7. The average Bonchev–Trinajstić information content (AvgIpc) is 3.31. The number of carbonyl (C=O) groups excluding carboxylic acids is 2. The third-order valence-corrected chi connectivity index (χ3v) is 6.06. The lowest BCUT2D eigenvalue weighted by Gasteiger charge is -2.32. The van der Waals surface area contributed by atoms with E-state index in [4.69, 9.17) is 9.47 Å². The number of fused-ring (bicyclic) bond motifs is 2. The SMILES string of the molecule is COc1ccc2[nH]c(C(=O)N3CCN(C)CC3)c(/C=C3\Oc4cc(O)cc(O)c4C3=O)c2c1. The van der Waals surface area contributed by atoms with Crippen molar-refractivity contribution in [3.8, 4) is 23.0 Å². The van der Waals surface area contributed by atoms with Crippen LogP contribution in [0.15, 0.2) is 36.1 Å². The molecule has 1 amide bonds. The van der Waals surface area contributed by atoms with Crippen LogP contribution in [0, 0.1) is 0 Å². The molecule has 3 heterocycles. The number of likely N-dealkylation sites (N-methyl/N-ethyl adjacent to an activating group) is 1. The number of Topliss-reactive ketones (excluding diaryl/α,β-unsaturated/α-hetero) is 1. The number of benzene rings is 2. The van der Waals surface area contributed by atoms with Gasteiger partial charge in [0.2, 0.25) is 5.78 Å². The Bertz CT molecular complexity index is 1320. The fourth-order valence-corrected chi connectivity index (χ4v) is 4.21. The van der Waals surface area contributed by atoms with Crippen LogP contribution in [0.25, 0.3) is 17.0 Å². The molecule has 0 radical (unpaired) electrons. The van der Waals surface area contributed by atoms with Gasteiger partial charge in [-0.15, -0.1) is 0 Å². The minimum atomic E-state index is -0.530. The number of nitrogens with zero attached hydrogens (tertiary/aromatic N) is 2. The predicted molar refractivity (Wildman–Crippen MR) is 121 cm³/mol. The molecular weight excluding hydrogens is 426 g/mol. The summed E-state index contributed by atoms with van der Waals surface area (Å²) < 4.78 is 11.0. The molecule has 0 atom stereocenters. The predicted octanol–water partition coefficient (Wildman–Crippen LogP) is 2.59. The summed E-state index contributed by atoms with van der Waals surface area (Å²) in [6.45, 7) is 2.74. The second-order valence-corrected chi connectivity index (χ2v) is 8.20. The van der Waals surface area contributed by atoms with Crippen LogP contribution < -0.4 is 9.47 Å². The van der Waals surface area contributed by atoms with E-state index < -0.39 is 5.78 Å². The third kappa shape index (κ3) is 3.56. The van der Waals surface area contributed by atoms with Crippen LogP contribution in [0.4, 0.5) is 0 Å². The molecule has 1 saturated heterocycles. The second kappa shape index (κ2) is 7.86. The first kappa shape index (κ1) is 20.9. The van der Waals surface area contributed by atoms with E-state index in [1.165, 1.54) is 12.1 Å². The van der Waals surface area contributed by atoms with Crippen LogP contribution in [0.5, 0.6) is 23.0 Å². The number of ketones is 1. The van der Waals surface area contributed by atoms with E-state index >= 15 is 0 Å². The van der Waals surface area contributed by atoms with Crippen molar-refractivity contribution in [1.82, 2.24) is 14.8 Å². The van der Waals surface area contributed by atoms with Crippen LogP contribution in [-0.2, 0) is 0 Å². The Labute approximate surface area is 189 Å². The molecule has 2 aliphatic heterocycles. The summed E-state index contributed by atoms with van der Waals surface area (Å²) in [6, 6.07) is 7.74. The summed E-state index contributed by atoms with van der Waals surface area (Å²) in [5.74, 6) is -0.679. The molecule has 170 valence electrons. The molecule has 0 aliphatic carbocycles. The zero-order chi connectivity index (χ0) is 23.3. The fraction of sp³-hybridized carbons (Fsp3) is 0.250. The zero-order valence-electron chi connectivity index (χ0n) is 18.2. The van der Waals surface area contributed by atoms with Crippen LogP contribution in [0.2, 0.25) is 0 Å². The maximum Gasteiger partial charge on any atom is 0.271 e. The molecule has 9 heteroatoms. The highest BCUT2D eigenvalue weighted by Gasteiger charge is 2.33. The van der Waals surface area contributed by atoms with Crippen molar-refractivity contribution >= 4 is 28.7 Å². The van der Waals surface area contributed by atoms with Crippen molar-refractivity contribution in [2.45, 2.75) is 0 Å². The number of piperazine rings is 1. The zero-order valence-corrected chi connectivity index (χ0v) is 18.2. The van der Waals surface area contributed by atoms with Gasteiger partial charge in [-0.2, -0.15) is 0 Å². The number of phenolic OH excluding ortho intramolecular Hbond substituents is 2. The van der Waals surface area contributed by atoms with E-state index in [2.05, 4.69) is 9.88 Å². The number of amides is 1. The summed E-state index contributed by atoms with van der Waals surface area (Å²) in [4.78, 5) is 33.5. The molecular formula is C24H23N3O6. The summed E-state index contributed by atoms with van der Waals surface area (Å²) in [6.07, 6.45) is 1.50. The Morgan fingerprint density at radius 1 is 1.15 bits per heavy atom. The van der Waals surface area contributed by atoms with Crippen LogP contribution in [-0.4, -0.2) is 77.0 Å². The topological polar surface area (TPSA) is 115 Å². The Balaban J connectivity index is 1.62. The van der Waals surface area contributed by atoms with Crippen LogP contribution >= 0.6 is 0 Å². The molecule has 0 spiro atoms. The summed E-state index contributed by atoms with van der Waals surface area (Å²) in [7, 11) is 3.57. The molecule has 3 aromatic rings. The number of aromatic amines is 1. The van der Waals surface area contributed by atoms with Gasteiger partial charge in [-0.3, -0.25) is 9.59 Å². The number of H-pyrrole nitrogens is 1. The van der Waals surface area contributed by atoms with Crippen molar-refractivity contribution in [3.05, 3.63) is 52.9 Å². The number of carbonyl (C=O) groups is 2. The van der Waals surface area contributed by atoms with Gasteiger partial charge in [0.05, 0.1) is 7.11 Å². The summed E-state index contributed by atoms with van der Waals surface area (Å²) in [5.41, 5.74) is 1.52. The van der Waals surface area contributed by atoms with Gasteiger partial charge in [-0.1, -0.05) is 0 Å². The summed E-state index contributed by atoms with van der Waals surface area (Å²) >= 11 is 0. The number of allylic oxidation sites excluding steroid dienone is 1. The van der Waals surface area contributed by atoms with E-state index in [-0.39, 0.29) is 34.5 Å². The van der Waals surface area contributed by atoms with Crippen molar-refractivity contribution in [2.75, 3.05) is 40.3 Å². The number of rotatable bonds is 3. The van der Waals surface area contributed by atoms with Gasteiger partial charge >= 0.3 is 0 Å². The van der Waals surface area contributed by atoms with Gasteiger partial charge in [0.15, 0.2) is 5.76 Å². The standard InChI is InChI=1S/C24H23N3O6/c1-26-5-7-27(8-6-26)24(31)22-16(15-11-14(32-2)3-4-17(15)25-22)12-20-23(30)21-18(29)9-13(28)10-19(21)33-20/h3-4,9-12,25,28-29H,5-8H2,1-2H3/b20-12-. The maximum absolute atomic E-state index is 13.4. The van der Waals surface area contributed by atoms with Gasteiger partial charge in [-0.05, 0) is 31.3 Å². The highest BCUT2D eigenvalue weighted by Crippen LogP contribution is 2.41. The van der Waals surface area contributed by atoms with Gasteiger partial charge < -0.3 is 34.5 Å². The van der Waals surface area contributed by atoms with E-state index in [1.54, 1.807) is 24.1 Å². The first-order valence-corrected chi connectivity index (χ1v) is 10.5. The summed E-state index contributed by atoms with van der Waals surface area (Å²) in [5, 5.41) is 20.6. The Kier molecular flexibility index (Phi) is 4.98. The Hall–Kier alpha value is -3.98. The molecule has 5 rings (SSSR count). The Morgan fingerprint density at radius 3 is 2.64 bits per heavy atom. The highest BCUT2D eigenvalue weighted by molar-refractivity contribution is 6.17. The number of ether oxygens (including phenoxy) is 2. The largest absolute Gasteiger partial charge is 0.508 e. The van der Waals surface area contributed by atoms with Gasteiger partial charge in [0.25, 0.3) is 5.91 Å². The molecule has 1 aromatic heterocycles. The first-order valence-electron chi connectivity index (χ1n) is 10.5. The van der Waals surface area contributed by atoms with Crippen molar-refractivity contribution in [2.24, 2.45) is 0 Å². The molecule has 1 fully saturated rings. The third-order valence-electron chi connectivity index (χ3n) is 6.06. The van der Waals surface area contributed by atoms with Crippen molar-refractivity contribution in [1.29, 1.82) is 0 Å². The van der Waals surface area contributed by atoms with E-state index in [0.29, 0.717) is 41.0 Å². The van der Waals surface area contributed by atoms with Crippen LogP contribution in [0.1, 0.15) is 26.4 Å². The van der Waals surface area contributed by atoms with Crippen molar-refractivity contribution in [3.63, 3.8) is 0 Å². The molecule has 2 aromatic carbocycles. The Morgan fingerprint density at radius 2 is 1.91 bits per heavy atom. The quantitative estimate of drug-likeness (QED) is 0.527. The van der Waals surface area contributed by atoms with Gasteiger partial charge in [0.1, 0.15) is 34.3 Å². The molecule has 0 unspecified atom stereocenters. The molecule has 3 N–H and O–H groups in total. The van der Waals surface area contributed by atoms with E-state index in [9.17, 15) is 19.8 Å². The average molecular weight is 449 g/mol. The lowest BCUT2D eigenvalue weighted by molar-refractivity contribution is 0.0658. The fourth-order valence-electron chi connectivity index (χ4n) is 4.21. The number of nitrogens with one attached hydrogen (secondary N) is 1. The molecule has 0 saturated carbocycles. The number of aromatic nitrogens is 1. The second-order valence-electron chi connectivity index (χ2n) is 8.20. The van der Waals surface area contributed by atoms with E-state index in [1.807, 2.05) is 13.1 Å². The lowest BCUT2D eigenvalue weighted by Crippen LogP contribution is -2.47. The number of hydrogen-bond donors (Lipinski definition) is 3. The lowest BCUT2D eigenvalue weighted by atomic mass is 10.0.